The zero-order valence-electron chi connectivity index (χ0n) is 16.5. The van der Waals surface area contributed by atoms with Gasteiger partial charge in [-0.15, -0.1) is 11.3 Å². The molecule has 9 heteroatoms. The summed E-state index contributed by atoms with van der Waals surface area (Å²) in [5.41, 5.74) is 7.61. The molecule has 3 rings (SSSR count). The molecule has 0 spiro atoms. The number of carbonyl (C=O) groups excluding carboxylic acids is 3. The third kappa shape index (κ3) is 4.24. The van der Waals surface area contributed by atoms with Crippen molar-refractivity contribution in [1.29, 1.82) is 0 Å². The first kappa shape index (κ1) is 20.4. The van der Waals surface area contributed by atoms with E-state index in [1.807, 2.05) is 44.4 Å². The zero-order valence-corrected chi connectivity index (χ0v) is 17.3. The number of thiophene rings is 1. The van der Waals surface area contributed by atoms with Crippen LogP contribution in [-0.2, 0) is 9.53 Å². The normalized spacial score (nSPS) is 10.6. The quantitative estimate of drug-likeness (QED) is 0.493. The van der Waals surface area contributed by atoms with Gasteiger partial charge in [-0.25, -0.2) is 4.79 Å². The number of carbonyl (C=O) groups is 3. The number of rotatable bonds is 5. The monoisotopic (exact) mass is 415 g/mol. The summed E-state index contributed by atoms with van der Waals surface area (Å²) in [4.78, 5) is 37.4. The molecule has 2 N–H and O–H groups in total. The summed E-state index contributed by atoms with van der Waals surface area (Å²) in [5.74, 6) is -1.83. The maximum atomic E-state index is 12.7. The van der Waals surface area contributed by atoms with Gasteiger partial charge in [0.2, 0.25) is 0 Å². The molecular formula is C20H21N3O5S. The van der Waals surface area contributed by atoms with E-state index in [0.717, 1.165) is 26.8 Å². The fourth-order valence-corrected chi connectivity index (χ4v) is 4.09. The molecule has 0 fully saturated rings. The van der Waals surface area contributed by atoms with E-state index in [0.29, 0.717) is 5.56 Å². The number of nitrogens with zero attached hydrogens (tertiary/aromatic N) is 1. The maximum absolute atomic E-state index is 12.7. The minimum absolute atomic E-state index is 0.0498. The van der Waals surface area contributed by atoms with Gasteiger partial charge in [0.25, 0.3) is 5.91 Å². The van der Waals surface area contributed by atoms with Gasteiger partial charge in [0.1, 0.15) is 5.00 Å². The first-order valence-electron chi connectivity index (χ1n) is 8.84. The third-order valence-corrected chi connectivity index (χ3v) is 5.63. The smallest absolute Gasteiger partial charge is 0.341 e. The summed E-state index contributed by atoms with van der Waals surface area (Å²) in [6.07, 6.45) is 1.34. The molecule has 0 aromatic carbocycles. The van der Waals surface area contributed by atoms with E-state index < -0.39 is 24.4 Å². The third-order valence-electron chi connectivity index (χ3n) is 4.44. The van der Waals surface area contributed by atoms with E-state index in [-0.39, 0.29) is 5.76 Å². The van der Waals surface area contributed by atoms with Crippen LogP contribution in [-0.4, -0.2) is 29.0 Å². The Hall–Kier alpha value is -3.33. The van der Waals surface area contributed by atoms with Gasteiger partial charge in [-0.1, -0.05) is 0 Å². The van der Waals surface area contributed by atoms with Crippen LogP contribution in [0, 0.1) is 27.7 Å². The molecule has 8 nitrogen and oxygen atoms in total. The molecule has 0 radical (unpaired) electrons. The Morgan fingerprint density at radius 3 is 2.38 bits per heavy atom. The number of hydrazine groups is 1. The summed E-state index contributed by atoms with van der Waals surface area (Å²) in [7, 11) is 0. The molecule has 2 amide bonds. The summed E-state index contributed by atoms with van der Waals surface area (Å²) >= 11 is 1.50. The molecule has 0 bridgehead atoms. The predicted molar refractivity (Wildman–Crippen MR) is 107 cm³/mol. The van der Waals surface area contributed by atoms with Crippen LogP contribution in [0.25, 0.3) is 5.00 Å². The Labute approximate surface area is 171 Å². The molecule has 29 heavy (non-hydrogen) atoms. The summed E-state index contributed by atoms with van der Waals surface area (Å²) < 4.78 is 12.1. The summed E-state index contributed by atoms with van der Waals surface area (Å²) in [6, 6.07) is 6.96. The second-order valence-electron chi connectivity index (χ2n) is 6.47. The van der Waals surface area contributed by atoms with Gasteiger partial charge in [-0.2, -0.15) is 0 Å². The molecule has 0 aliphatic rings. The van der Waals surface area contributed by atoms with Gasteiger partial charge in [-0.05, 0) is 57.5 Å². The maximum Gasteiger partial charge on any atom is 0.341 e. The number of aromatic nitrogens is 1. The number of esters is 1. The molecule has 0 aliphatic heterocycles. The molecule has 0 saturated heterocycles. The Bertz CT molecular complexity index is 1040. The second kappa shape index (κ2) is 8.36. The Kier molecular flexibility index (Phi) is 5.88. The highest BCUT2D eigenvalue weighted by atomic mass is 32.1. The molecule has 0 atom stereocenters. The molecule has 0 aliphatic carbocycles. The highest BCUT2D eigenvalue weighted by Gasteiger charge is 2.24. The minimum Gasteiger partial charge on any atom is -0.459 e. The topological polar surface area (TPSA) is 103 Å². The van der Waals surface area contributed by atoms with Crippen LogP contribution in [0.1, 0.15) is 42.7 Å². The van der Waals surface area contributed by atoms with Crippen molar-refractivity contribution in [3.63, 3.8) is 0 Å². The van der Waals surface area contributed by atoms with Crippen molar-refractivity contribution in [2.75, 3.05) is 6.61 Å². The fourth-order valence-electron chi connectivity index (χ4n) is 2.83. The number of aryl methyl sites for hydroxylation is 3. The van der Waals surface area contributed by atoms with Gasteiger partial charge in [0.05, 0.1) is 11.8 Å². The molecular weight excluding hydrogens is 394 g/mol. The summed E-state index contributed by atoms with van der Waals surface area (Å²) in [6.45, 7) is 7.17. The van der Waals surface area contributed by atoms with Gasteiger partial charge in [0.15, 0.2) is 12.4 Å². The van der Waals surface area contributed by atoms with E-state index in [1.165, 1.54) is 23.7 Å². The lowest BCUT2D eigenvalue weighted by Crippen LogP contribution is -2.43. The average molecular weight is 415 g/mol. The van der Waals surface area contributed by atoms with Crippen molar-refractivity contribution < 1.29 is 23.5 Å². The Morgan fingerprint density at radius 1 is 1.07 bits per heavy atom. The van der Waals surface area contributed by atoms with Crippen LogP contribution in [0.15, 0.2) is 34.9 Å². The molecule has 0 saturated carbocycles. The second-order valence-corrected chi connectivity index (χ2v) is 7.67. The predicted octanol–water partition coefficient (Wildman–Crippen LogP) is 2.98. The van der Waals surface area contributed by atoms with Crippen LogP contribution in [0.5, 0.6) is 0 Å². The minimum atomic E-state index is -0.669. The molecule has 0 unspecified atom stereocenters. The van der Waals surface area contributed by atoms with Gasteiger partial charge >= 0.3 is 11.9 Å². The van der Waals surface area contributed by atoms with Crippen LogP contribution >= 0.6 is 11.3 Å². The van der Waals surface area contributed by atoms with Crippen LogP contribution in [0.2, 0.25) is 0 Å². The van der Waals surface area contributed by atoms with Crippen molar-refractivity contribution in [3.8, 4) is 5.00 Å². The Morgan fingerprint density at radius 2 is 1.76 bits per heavy atom. The van der Waals surface area contributed by atoms with Gasteiger partial charge < -0.3 is 13.7 Å². The first-order valence-corrected chi connectivity index (χ1v) is 9.66. The van der Waals surface area contributed by atoms with Crippen LogP contribution in [0.4, 0.5) is 0 Å². The highest BCUT2D eigenvalue weighted by Crippen LogP contribution is 2.33. The lowest BCUT2D eigenvalue weighted by molar-refractivity contribution is -0.125. The first-order chi connectivity index (χ1) is 13.8. The molecule has 3 aromatic rings. The lowest BCUT2D eigenvalue weighted by atomic mass is 10.1. The van der Waals surface area contributed by atoms with E-state index in [2.05, 4.69) is 10.9 Å². The number of furan rings is 1. The van der Waals surface area contributed by atoms with Gasteiger partial charge in [-0.3, -0.25) is 20.4 Å². The van der Waals surface area contributed by atoms with Crippen molar-refractivity contribution in [3.05, 3.63) is 63.7 Å². The number of ether oxygens (including phenoxy) is 1. The number of amides is 2. The standard InChI is InChI=1S/C20H21N3O5S/c1-11-7-8-12(2)23(11)19-17(13(3)14(4)29-19)20(26)28-10-16(24)21-22-18(25)15-6-5-9-27-15/h5-9H,10H2,1-4H3,(H,21,24)(H,22,25). The molecule has 3 heterocycles. The number of hydrogen-bond donors (Lipinski definition) is 2. The largest absolute Gasteiger partial charge is 0.459 e. The lowest BCUT2D eigenvalue weighted by Gasteiger charge is -2.11. The van der Waals surface area contributed by atoms with Crippen molar-refractivity contribution in [2.45, 2.75) is 27.7 Å². The van der Waals surface area contributed by atoms with Crippen molar-refractivity contribution >= 4 is 29.1 Å². The van der Waals surface area contributed by atoms with E-state index in [1.54, 1.807) is 6.07 Å². The van der Waals surface area contributed by atoms with Crippen LogP contribution < -0.4 is 10.9 Å². The van der Waals surface area contributed by atoms with Crippen LogP contribution in [0.3, 0.4) is 0 Å². The summed E-state index contributed by atoms with van der Waals surface area (Å²) in [5, 5.41) is 0.761. The number of hydrogen-bond acceptors (Lipinski definition) is 6. The van der Waals surface area contributed by atoms with Crippen molar-refractivity contribution in [2.24, 2.45) is 0 Å². The van der Waals surface area contributed by atoms with E-state index >= 15 is 0 Å². The molecule has 3 aromatic heterocycles. The zero-order chi connectivity index (χ0) is 21.1. The SMILES string of the molecule is Cc1sc(-n2c(C)ccc2C)c(C(=O)OCC(=O)NNC(=O)c2ccco2)c1C. The Balaban J connectivity index is 1.67. The average Bonchev–Trinajstić information content (AvgIpc) is 3.39. The number of nitrogens with one attached hydrogen (secondary N) is 2. The van der Waals surface area contributed by atoms with Gasteiger partial charge in [0, 0.05) is 16.3 Å². The molecule has 152 valence electrons. The van der Waals surface area contributed by atoms with Crippen molar-refractivity contribution in [1.82, 2.24) is 15.4 Å². The van der Waals surface area contributed by atoms with E-state index in [4.69, 9.17) is 9.15 Å². The highest BCUT2D eigenvalue weighted by molar-refractivity contribution is 7.15. The van der Waals surface area contributed by atoms with E-state index in [9.17, 15) is 14.4 Å². The fraction of sp³-hybridized carbons (Fsp3) is 0.250.